The van der Waals surface area contributed by atoms with Crippen molar-refractivity contribution in [3.8, 4) is 5.75 Å². The number of carboxylic acid groups (broad SMARTS) is 1. The van der Waals surface area contributed by atoms with Crippen LogP contribution in [0.4, 0.5) is 0 Å². The summed E-state index contributed by atoms with van der Waals surface area (Å²) in [5.74, 6) is -0.558. The van der Waals surface area contributed by atoms with Gasteiger partial charge in [0.1, 0.15) is 11.3 Å². The first-order valence-corrected chi connectivity index (χ1v) is 7.22. The third kappa shape index (κ3) is 4.44. The normalized spacial score (nSPS) is 11.4. The summed E-state index contributed by atoms with van der Waals surface area (Å²) in [4.78, 5) is 12.0. The molecule has 1 rings (SSSR count). The Morgan fingerprint density at radius 3 is 2.63 bits per heavy atom. The fourth-order valence-corrected chi connectivity index (χ4v) is 2.13. The lowest BCUT2D eigenvalue weighted by molar-refractivity contribution is 0.00535. The number of methoxy groups -OCH3 is 1. The van der Waals surface area contributed by atoms with Crippen molar-refractivity contribution in [2.75, 3.05) is 20.0 Å². The molecule has 0 aromatic heterocycles. The summed E-state index contributed by atoms with van der Waals surface area (Å²) in [7, 11) is 1.65. The second-order valence-corrected chi connectivity index (χ2v) is 5.55. The van der Waals surface area contributed by atoms with Crippen molar-refractivity contribution in [3.05, 3.63) is 23.8 Å². The van der Waals surface area contributed by atoms with Crippen molar-refractivity contribution >= 4 is 17.7 Å². The molecule has 0 heterocycles. The fraction of sp³-hybridized carbons (Fsp3) is 0.500. The average Bonchev–Trinajstić information content (AvgIpc) is 2.37. The van der Waals surface area contributed by atoms with Crippen molar-refractivity contribution in [2.24, 2.45) is 0 Å². The summed E-state index contributed by atoms with van der Waals surface area (Å²) in [5.41, 5.74) is -0.0502. The molecule has 0 amide bonds. The van der Waals surface area contributed by atoms with Crippen LogP contribution in [-0.4, -0.2) is 36.6 Å². The number of hydrogen-bond acceptors (Lipinski definition) is 4. The van der Waals surface area contributed by atoms with Crippen LogP contribution in [0.5, 0.6) is 5.75 Å². The summed E-state index contributed by atoms with van der Waals surface area (Å²) in [6, 6.07) is 5.26. The maximum Gasteiger partial charge on any atom is 0.340 e. The Morgan fingerprint density at radius 2 is 2.11 bits per heavy atom. The maximum atomic E-state index is 11.3. The molecule has 1 aromatic carbocycles. The third-order valence-electron chi connectivity index (χ3n) is 2.94. The Kier molecular flexibility index (Phi) is 5.69. The molecule has 0 bridgehead atoms. The van der Waals surface area contributed by atoms with Gasteiger partial charge in [-0.2, -0.15) is 0 Å². The van der Waals surface area contributed by atoms with E-state index in [1.54, 1.807) is 25.3 Å². The SMILES string of the molecule is COC(C)(C)CCOc1cccc(SC)c1C(=O)O. The molecule has 19 heavy (non-hydrogen) atoms. The van der Waals surface area contributed by atoms with E-state index in [9.17, 15) is 9.90 Å². The van der Waals surface area contributed by atoms with E-state index in [1.165, 1.54) is 11.8 Å². The molecule has 0 unspecified atom stereocenters. The van der Waals surface area contributed by atoms with Gasteiger partial charge in [-0.3, -0.25) is 0 Å². The monoisotopic (exact) mass is 284 g/mol. The highest BCUT2D eigenvalue weighted by Crippen LogP contribution is 2.29. The summed E-state index contributed by atoms with van der Waals surface area (Å²) in [5, 5.41) is 9.26. The van der Waals surface area contributed by atoms with Gasteiger partial charge in [0, 0.05) is 18.4 Å². The highest BCUT2D eigenvalue weighted by atomic mass is 32.2. The van der Waals surface area contributed by atoms with Crippen molar-refractivity contribution in [3.63, 3.8) is 0 Å². The van der Waals surface area contributed by atoms with E-state index < -0.39 is 5.97 Å². The highest BCUT2D eigenvalue weighted by molar-refractivity contribution is 7.98. The van der Waals surface area contributed by atoms with E-state index in [0.29, 0.717) is 23.7 Å². The zero-order valence-electron chi connectivity index (χ0n) is 11.7. The Morgan fingerprint density at radius 1 is 1.42 bits per heavy atom. The van der Waals surface area contributed by atoms with E-state index in [0.717, 1.165) is 0 Å². The lowest BCUT2D eigenvalue weighted by atomic mass is 10.1. The summed E-state index contributed by atoms with van der Waals surface area (Å²) in [6.07, 6.45) is 2.53. The van der Waals surface area contributed by atoms with Crippen LogP contribution in [0.1, 0.15) is 30.6 Å². The van der Waals surface area contributed by atoms with Gasteiger partial charge in [-0.15, -0.1) is 11.8 Å². The zero-order valence-corrected chi connectivity index (χ0v) is 12.5. The van der Waals surface area contributed by atoms with Crippen LogP contribution in [0.2, 0.25) is 0 Å². The molecular formula is C14H20O4S. The second-order valence-electron chi connectivity index (χ2n) is 4.70. The van der Waals surface area contributed by atoms with Crippen molar-refractivity contribution in [1.29, 1.82) is 0 Å². The standard InChI is InChI=1S/C14H20O4S/c1-14(2,17-3)8-9-18-10-6-5-7-11(19-4)12(10)13(15)16/h5-7H,8-9H2,1-4H3,(H,15,16). The van der Waals surface area contributed by atoms with E-state index in [4.69, 9.17) is 9.47 Å². The quantitative estimate of drug-likeness (QED) is 0.779. The van der Waals surface area contributed by atoms with E-state index in [1.807, 2.05) is 20.1 Å². The molecule has 106 valence electrons. The summed E-state index contributed by atoms with van der Waals surface area (Å²) < 4.78 is 10.9. The first kappa shape index (κ1) is 15.9. The van der Waals surface area contributed by atoms with E-state index in [2.05, 4.69) is 0 Å². The first-order chi connectivity index (χ1) is 8.91. The Bertz CT molecular complexity index is 443. The highest BCUT2D eigenvalue weighted by Gasteiger charge is 2.19. The van der Waals surface area contributed by atoms with Crippen molar-refractivity contribution < 1.29 is 19.4 Å². The molecule has 0 saturated carbocycles. The maximum absolute atomic E-state index is 11.3. The molecule has 0 aliphatic carbocycles. The molecule has 0 saturated heterocycles. The molecule has 0 aliphatic rings. The predicted molar refractivity (Wildman–Crippen MR) is 76.4 cm³/mol. The molecule has 0 atom stereocenters. The predicted octanol–water partition coefficient (Wildman–Crippen LogP) is 3.30. The smallest absolute Gasteiger partial charge is 0.340 e. The Labute approximate surface area is 118 Å². The molecule has 0 spiro atoms. The van der Waals surface area contributed by atoms with E-state index in [-0.39, 0.29) is 11.2 Å². The first-order valence-electron chi connectivity index (χ1n) is 5.99. The lowest BCUT2D eigenvalue weighted by Gasteiger charge is -2.23. The molecule has 0 aliphatic heterocycles. The van der Waals surface area contributed by atoms with Gasteiger partial charge < -0.3 is 14.6 Å². The van der Waals surface area contributed by atoms with Gasteiger partial charge in [-0.1, -0.05) is 6.07 Å². The molecular weight excluding hydrogens is 264 g/mol. The average molecular weight is 284 g/mol. The number of hydrogen-bond donors (Lipinski definition) is 1. The summed E-state index contributed by atoms with van der Waals surface area (Å²) >= 11 is 1.40. The number of carboxylic acids is 1. The van der Waals surface area contributed by atoms with Gasteiger partial charge >= 0.3 is 5.97 Å². The molecule has 5 heteroatoms. The zero-order chi connectivity index (χ0) is 14.5. The number of thioether (sulfide) groups is 1. The topological polar surface area (TPSA) is 55.8 Å². The van der Waals surface area contributed by atoms with Crippen molar-refractivity contribution in [2.45, 2.75) is 30.8 Å². The summed E-state index contributed by atoms with van der Waals surface area (Å²) in [6.45, 7) is 4.35. The minimum Gasteiger partial charge on any atom is -0.493 e. The van der Waals surface area contributed by atoms with Gasteiger partial charge in [0.05, 0.1) is 12.2 Å². The van der Waals surface area contributed by atoms with Gasteiger partial charge in [-0.05, 0) is 32.2 Å². The lowest BCUT2D eigenvalue weighted by Crippen LogP contribution is -2.25. The Balaban J connectivity index is 2.81. The van der Waals surface area contributed by atoms with Crippen LogP contribution in [0.15, 0.2) is 23.1 Å². The number of carbonyl (C=O) groups is 1. The number of benzene rings is 1. The molecule has 1 N–H and O–H groups in total. The minimum atomic E-state index is -0.967. The second kappa shape index (κ2) is 6.82. The largest absolute Gasteiger partial charge is 0.493 e. The number of ether oxygens (including phenoxy) is 2. The number of rotatable bonds is 7. The van der Waals surface area contributed by atoms with E-state index >= 15 is 0 Å². The van der Waals surface area contributed by atoms with Crippen LogP contribution in [0.3, 0.4) is 0 Å². The van der Waals surface area contributed by atoms with Crippen LogP contribution < -0.4 is 4.74 Å². The molecule has 0 radical (unpaired) electrons. The molecule has 4 nitrogen and oxygen atoms in total. The van der Waals surface area contributed by atoms with Crippen LogP contribution in [0, 0.1) is 0 Å². The Hall–Kier alpha value is -1.20. The fourth-order valence-electron chi connectivity index (χ4n) is 1.52. The van der Waals surface area contributed by atoms with Gasteiger partial charge in [0.25, 0.3) is 0 Å². The van der Waals surface area contributed by atoms with Crippen LogP contribution >= 0.6 is 11.8 Å². The van der Waals surface area contributed by atoms with Gasteiger partial charge in [0.15, 0.2) is 0 Å². The van der Waals surface area contributed by atoms with Gasteiger partial charge in [-0.25, -0.2) is 4.79 Å². The van der Waals surface area contributed by atoms with Gasteiger partial charge in [0.2, 0.25) is 0 Å². The van der Waals surface area contributed by atoms with Crippen LogP contribution in [-0.2, 0) is 4.74 Å². The van der Waals surface area contributed by atoms with Crippen molar-refractivity contribution in [1.82, 2.24) is 0 Å². The minimum absolute atomic E-state index is 0.227. The third-order valence-corrected chi connectivity index (χ3v) is 3.72. The molecule has 0 fully saturated rings. The number of aromatic carboxylic acids is 1. The molecule has 1 aromatic rings. The van der Waals surface area contributed by atoms with Crippen LogP contribution in [0.25, 0.3) is 0 Å².